The molecule has 0 aliphatic heterocycles. The molecule has 2 N–H and O–H groups in total. The maximum atomic E-state index is 4.49. The zero-order valence-corrected chi connectivity index (χ0v) is 15.8. The minimum atomic E-state index is 0.588. The van der Waals surface area contributed by atoms with Crippen molar-refractivity contribution >= 4 is 28.6 Å². The van der Waals surface area contributed by atoms with Crippen LogP contribution in [0.5, 0.6) is 0 Å². The van der Waals surface area contributed by atoms with Gasteiger partial charge in [-0.1, -0.05) is 13.0 Å². The monoisotopic (exact) mass is 350 g/mol. The second kappa shape index (κ2) is 9.67. The lowest BCUT2D eigenvalue weighted by atomic mass is 10.1. The Morgan fingerprint density at radius 1 is 1.35 bits per heavy atom. The minimum absolute atomic E-state index is 0.588. The van der Waals surface area contributed by atoms with Gasteiger partial charge in [-0.15, -0.1) is 22.7 Å². The van der Waals surface area contributed by atoms with Gasteiger partial charge in [-0.25, -0.2) is 4.98 Å². The topological polar surface area (TPSA) is 49.3 Å². The van der Waals surface area contributed by atoms with Crippen molar-refractivity contribution in [3.63, 3.8) is 0 Å². The second-order valence-corrected chi connectivity index (χ2v) is 7.73. The van der Waals surface area contributed by atoms with E-state index in [4.69, 9.17) is 0 Å². The van der Waals surface area contributed by atoms with E-state index in [2.05, 4.69) is 50.4 Å². The molecule has 0 aliphatic rings. The molecule has 0 saturated carbocycles. The molecule has 1 atom stereocenters. The number of hydrogen-bond acceptors (Lipinski definition) is 4. The molecule has 1 unspecified atom stereocenters. The molecule has 2 heterocycles. The average Bonchev–Trinajstić information content (AvgIpc) is 3.18. The number of aryl methyl sites for hydroxylation is 2. The first-order valence-corrected chi connectivity index (χ1v) is 9.81. The van der Waals surface area contributed by atoms with Crippen LogP contribution in [0.3, 0.4) is 0 Å². The third-order valence-electron chi connectivity index (χ3n) is 3.50. The summed E-state index contributed by atoms with van der Waals surface area (Å²) in [6.07, 6.45) is 3.21. The smallest absolute Gasteiger partial charge is 0.190 e. The molecule has 0 fully saturated rings. The van der Waals surface area contributed by atoms with Crippen LogP contribution in [0.4, 0.5) is 0 Å². The summed E-state index contributed by atoms with van der Waals surface area (Å²) in [5.41, 5.74) is 1.12. The standard InChI is InChI=1S/C17H26N4S2/c1-13(10-15-6-5-9-22-15)11-20-17(18-3)19-8-4-7-16-21-14(2)12-23-16/h5-6,9,12-13H,4,7-8,10-11H2,1-3H3,(H2,18,19,20). The van der Waals surface area contributed by atoms with Crippen LogP contribution in [-0.4, -0.2) is 31.1 Å². The first-order chi connectivity index (χ1) is 11.2. The molecule has 0 spiro atoms. The van der Waals surface area contributed by atoms with Gasteiger partial charge in [-0.3, -0.25) is 4.99 Å². The summed E-state index contributed by atoms with van der Waals surface area (Å²) >= 11 is 3.58. The molecule has 0 amide bonds. The molecular formula is C17H26N4S2. The summed E-state index contributed by atoms with van der Waals surface area (Å²) in [7, 11) is 1.82. The van der Waals surface area contributed by atoms with Crippen LogP contribution in [0.25, 0.3) is 0 Å². The van der Waals surface area contributed by atoms with E-state index >= 15 is 0 Å². The van der Waals surface area contributed by atoms with Crippen LogP contribution in [0.15, 0.2) is 27.9 Å². The Bertz CT molecular complexity index is 590. The van der Waals surface area contributed by atoms with Crippen LogP contribution < -0.4 is 10.6 Å². The van der Waals surface area contributed by atoms with Crippen molar-refractivity contribution < 1.29 is 0 Å². The van der Waals surface area contributed by atoms with Gasteiger partial charge in [0.05, 0.1) is 5.01 Å². The molecule has 0 saturated heterocycles. The van der Waals surface area contributed by atoms with Crippen LogP contribution in [0, 0.1) is 12.8 Å². The van der Waals surface area contributed by atoms with Gasteiger partial charge in [0.15, 0.2) is 5.96 Å². The Morgan fingerprint density at radius 2 is 2.22 bits per heavy atom. The van der Waals surface area contributed by atoms with Gasteiger partial charge in [0.25, 0.3) is 0 Å². The predicted molar refractivity (Wildman–Crippen MR) is 102 cm³/mol. The maximum Gasteiger partial charge on any atom is 0.190 e. The maximum absolute atomic E-state index is 4.49. The Hall–Kier alpha value is -1.40. The quantitative estimate of drug-likeness (QED) is 0.435. The number of rotatable bonds is 8. The van der Waals surface area contributed by atoms with E-state index in [-0.39, 0.29) is 0 Å². The zero-order chi connectivity index (χ0) is 16.5. The first kappa shape index (κ1) is 17.9. The molecule has 6 heteroatoms. The largest absolute Gasteiger partial charge is 0.356 e. The summed E-state index contributed by atoms with van der Waals surface area (Å²) < 4.78 is 0. The van der Waals surface area contributed by atoms with Gasteiger partial charge in [0.1, 0.15) is 0 Å². The Morgan fingerprint density at radius 3 is 2.87 bits per heavy atom. The summed E-state index contributed by atoms with van der Waals surface area (Å²) in [6.45, 7) is 6.16. The number of nitrogens with one attached hydrogen (secondary N) is 2. The fraction of sp³-hybridized carbons (Fsp3) is 0.529. The molecule has 126 valence electrons. The number of hydrogen-bond donors (Lipinski definition) is 2. The number of nitrogens with zero attached hydrogens (tertiary/aromatic N) is 2. The van der Waals surface area contributed by atoms with E-state index in [1.54, 1.807) is 11.3 Å². The van der Waals surface area contributed by atoms with Crippen molar-refractivity contribution in [1.29, 1.82) is 0 Å². The fourth-order valence-electron chi connectivity index (χ4n) is 2.30. The van der Waals surface area contributed by atoms with Crippen molar-refractivity contribution in [2.75, 3.05) is 20.1 Å². The van der Waals surface area contributed by atoms with Gasteiger partial charge in [-0.2, -0.15) is 0 Å². The lowest BCUT2D eigenvalue weighted by Gasteiger charge is -2.15. The first-order valence-electron chi connectivity index (χ1n) is 8.05. The molecule has 0 radical (unpaired) electrons. The molecule has 2 aromatic heterocycles. The Kier molecular flexibility index (Phi) is 7.55. The molecule has 2 rings (SSSR count). The number of aromatic nitrogens is 1. The highest BCUT2D eigenvalue weighted by Crippen LogP contribution is 2.13. The van der Waals surface area contributed by atoms with E-state index in [0.717, 1.165) is 44.0 Å². The molecule has 0 aromatic carbocycles. The molecule has 23 heavy (non-hydrogen) atoms. The van der Waals surface area contributed by atoms with E-state index in [9.17, 15) is 0 Å². The van der Waals surface area contributed by atoms with Crippen molar-refractivity contribution in [1.82, 2.24) is 15.6 Å². The average molecular weight is 351 g/mol. The fourth-order valence-corrected chi connectivity index (χ4v) is 3.99. The lowest BCUT2D eigenvalue weighted by molar-refractivity contribution is 0.561. The highest BCUT2D eigenvalue weighted by atomic mass is 32.1. The van der Waals surface area contributed by atoms with E-state index in [0.29, 0.717) is 5.92 Å². The van der Waals surface area contributed by atoms with Crippen molar-refractivity contribution in [3.05, 3.63) is 38.5 Å². The minimum Gasteiger partial charge on any atom is -0.356 e. The third kappa shape index (κ3) is 6.71. The second-order valence-electron chi connectivity index (χ2n) is 5.75. The summed E-state index contributed by atoms with van der Waals surface area (Å²) in [5, 5.41) is 12.3. The zero-order valence-electron chi connectivity index (χ0n) is 14.1. The van der Waals surface area contributed by atoms with Crippen molar-refractivity contribution in [2.45, 2.75) is 33.1 Å². The Balaban J connectivity index is 1.61. The summed E-state index contributed by atoms with van der Waals surface area (Å²) in [5.74, 6) is 1.48. The third-order valence-corrected chi connectivity index (χ3v) is 5.42. The van der Waals surface area contributed by atoms with Gasteiger partial charge in [0.2, 0.25) is 0 Å². The van der Waals surface area contributed by atoms with Crippen LogP contribution in [0.1, 0.15) is 28.9 Å². The molecule has 2 aromatic rings. The van der Waals surface area contributed by atoms with Gasteiger partial charge in [0, 0.05) is 42.5 Å². The van der Waals surface area contributed by atoms with E-state index in [1.807, 2.05) is 25.3 Å². The van der Waals surface area contributed by atoms with Gasteiger partial charge < -0.3 is 10.6 Å². The number of guanidine groups is 1. The van der Waals surface area contributed by atoms with E-state index < -0.39 is 0 Å². The van der Waals surface area contributed by atoms with Crippen LogP contribution >= 0.6 is 22.7 Å². The number of aliphatic imine (C=N–C) groups is 1. The van der Waals surface area contributed by atoms with Crippen molar-refractivity contribution in [3.8, 4) is 0 Å². The molecular weight excluding hydrogens is 324 g/mol. The summed E-state index contributed by atoms with van der Waals surface area (Å²) in [6, 6.07) is 4.32. The SMILES string of the molecule is CN=C(NCCCc1nc(C)cs1)NCC(C)Cc1cccs1. The Labute approximate surface area is 147 Å². The summed E-state index contributed by atoms with van der Waals surface area (Å²) in [4.78, 5) is 10.2. The van der Waals surface area contributed by atoms with Gasteiger partial charge in [-0.05, 0) is 37.1 Å². The molecule has 0 bridgehead atoms. The van der Waals surface area contributed by atoms with E-state index in [1.165, 1.54) is 9.88 Å². The van der Waals surface area contributed by atoms with Crippen LogP contribution in [-0.2, 0) is 12.8 Å². The van der Waals surface area contributed by atoms with Crippen LogP contribution in [0.2, 0.25) is 0 Å². The molecule has 4 nitrogen and oxygen atoms in total. The lowest BCUT2D eigenvalue weighted by Crippen LogP contribution is -2.40. The number of thiazole rings is 1. The van der Waals surface area contributed by atoms with Crippen molar-refractivity contribution in [2.24, 2.45) is 10.9 Å². The normalized spacial score (nSPS) is 13.1. The highest BCUT2D eigenvalue weighted by molar-refractivity contribution is 7.10. The van der Waals surface area contributed by atoms with Gasteiger partial charge >= 0.3 is 0 Å². The highest BCUT2D eigenvalue weighted by Gasteiger charge is 2.06. The number of thiophene rings is 1. The molecule has 0 aliphatic carbocycles. The predicted octanol–water partition coefficient (Wildman–Crippen LogP) is 3.49.